The van der Waals surface area contributed by atoms with Crippen molar-refractivity contribution in [3.8, 4) is 11.5 Å². The number of benzene rings is 9. The van der Waals surface area contributed by atoms with Crippen molar-refractivity contribution >= 4 is 130 Å². The Hall–Kier alpha value is -9.59. The van der Waals surface area contributed by atoms with E-state index >= 15 is 0 Å². The first kappa shape index (κ1) is 81.9. The van der Waals surface area contributed by atoms with Gasteiger partial charge in [-0.15, -0.1) is 55.5 Å². The van der Waals surface area contributed by atoms with Crippen molar-refractivity contribution in [2.24, 2.45) is 0 Å². The molecule has 562 valence electrons. The molecule has 0 atom stereocenters. The second kappa shape index (κ2) is 36.7. The second-order valence-electron chi connectivity index (χ2n) is 27.7. The third kappa shape index (κ3) is 18.5. The number of aromatic nitrogens is 4. The van der Waals surface area contributed by atoms with Gasteiger partial charge < -0.3 is 53.7 Å². The second-order valence-corrected chi connectivity index (χ2v) is 37.9. The Kier molecular flexibility index (Phi) is 27.6. The summed E-state index contributed by atoms with van der Waals surface area (Å²) in [5.41, 5.74) is 13.5. The first-order valence-electron chi connectivity index (χ1n) is 35.0. The van der Waals surface area contributed by atoms with Gasteiger partial charge >= 0.3 is 0 Å². The molecule has 0 spiro atoms. The largest absolute Gasteiger partial charge is 0.478 e. The Labute approximate surface area is 698 Å². The average Bonchev–Trinajstić information content (AvgIpc) is 1.62. The van der Waals surface area contributed by atoms with Gasteiger partial charge in [-0.05, 0) is 91.0 Å². The predicted octanol–water partition coefficient (Wildman–Crippen LogP) is 20.2. The molecule has 13 aromatic rings. The standard InChI is InChI=1S/C24H17N3O.C24H29N3Si2.2C20H18N4.4Ir/c1-4-10-19(11-5-1)26-18-27(20-12-6-2-7-13-20)24-23(26)22(16-17-25-24)28-21-14-8-3-9-15-21;1-28(2,3)21-13-9-19(10-14-21)26-18-27(24-23(26)8-7-17-25-24)20-11-15-22(16-12-20)29(4,5)6;1-22(2)18-13-14-21-20-19(18)23(16-9-5-3-6-10-16)15-24(20)17-11-7-4-8-12-17;1-22(2)19-14-13-18-20(21-19)24(17-11-7-4-8-12-17)15-23(18)16-9-5-3-6-10-16;;;;/h1-12,14-18H;7-11,13-18H,1-6H3;2*3-11,13-15H,1-2H3;;;;/q4*-2;;;;. The number of hydrogen-bond acceptors (Lipinski definition) is 15. The van der Waals surface area contributed by atoms with E-state index in [9.17, 15) is 0 Å². The summed E-state index contributed by atoms with van der Waals surface area (Å²) in [5.74, 6) is 6.03. The summed E-state index contributed by atoms with van der Waals surface area (Å²) in [4.78, 5) is 39.9. The molecule has 109 heavy (non-hydrogen) atoms. The summed E-state index contributed by atoms with van der Waals surface area (Å²) in [6, 6.07) is 106. The van der Waals surface area contributed by atoms with Crippen LogP contribution in [0.25, 0.3) is 0 Å². The van der Waals surface area contributed by atoms with Gasteiger partial charge in [0.15, 0.2) is 5.75 Å². The Morgan fingerprint density at radius 2 is 0.743 bits per heavy atom. The molecule has 9 aromatic carbocycles. The number of fused-ring (bicyclic) bond motifs is 4. The van der Waals surface area contributed by atoms with Gasteiger partial charge in [0.05, 0.1) is 36.5 Å². The van der Waals surface area contributed by atoms with Gasteiger partial charge in [0.25, 0.3) is 0 Å². The number of anilines is 18. The zero-order chi connectivity index (χ0) is 72.6. The van der Waals surface area contributed by atoms with Crippen LogP contribution in [0.2, 0.25) is 39.3 Å². The maximum absolute atomic E-state index is 6.22. The van der Waals surface area contributed by atoms with Crippen molar-refractivity contribution in [2.45, 2.75) is 39.3 Å². The van der Waals surface area contributed by atoms with E-state index in [1.165, 1.54) is 10.4 Å². The molecule has 15 nitrogen and oxygen atoms in total. The fourth-order valence-electron chi connectivity index (χ4n) is 12.5. The molecule has 4 aromatic heterocycles. The van der Waals surface area contributed by atoms with E-state index in [1.807, 2.05) is 225 Å². The van der Waals surface area contributed by atoms with Crippen LogP contribution < -0.4 is 64.1 Å². The summed E-state index contributed by atoms with van der Waals surface area (Å²) in [7, 11) is 5.46. The van der Waals surface area contributed by atoms with Gasteiger partial charge in [-0.1, -0.05) is 129 Å². The van der Waals surface area contributed by atoms with Crippen LogP contribution >= 0.6 is 0 Å². The van der Waals surface area contributed by atoms with E-state index < -0.39 is 16.1 Å². The van der Waals surface area contributed by atoms with Gasteiger partial charge in [-0.3, -0.25) is 0 Å². The quantitative estimate of drug-likeness (QED) is 0.0763. The fourth-order valence-corrected chi connectivity index (χ4v) is 14.7. The van der Waals surface area contributed by atoms with Crippen LogP contribution in [0.3, 0.4) is 0 Å². The Balaban J connectivity index is 0.000000153. The molecule has 0 bridgehead atoms. The molecular weight excluding hydrogens is 2090 g/mol. The molecule has 0 amide bonds. The minimum Gasteiger partial charge on any atom is -0.478 e. The van der Waals surface area contributed by atoms with Gasteiger partial charge in [0.2, 0.25) is 0 Å². The Bertz CT molecular complexity index is 4910. The van der Waals surface area contributed by atoms with Crippen LogP contribution in [0.5, 0.6) is 11.5 Å². The number of ether oxygens (including phenoxy) is 1. The molecule has 17 rings (SSSR count). The molecule has 0 saturated carbocycles. The third-order valence-electron chi connectivity index (χ3n) is 18.0. The van der Waals surface area contributed by atoms with Crippen LogP contribution in [0.4, 0.5) is 103 Å². The van der Waals surface area contributed by atoms with Gasteiger partial charge in [-0.2, -0.15) is 114 Å². The van der Waals surface area contributed by atoms with Crippen LogP contribution in [-0.2, 0) is 80.4 Å². The van der Waals surface area contributed by atoms with Crippen molar-refractivity contribution in [1.82, 2.24) is 19.9 Å². The van der Waals surface area contributed by atoms with E-state index in [-0.39, 0.29) is 80.4 Å². The number of rotatable bonds is 14. The van der Waals surface area contributed by atoms with Gasteiger partial charge in [0.1, 0.15) is 34.8 Å². The zero-order valence-corrected chi connectivity index (χ0v) is 73.6. The van der Waals surface area contributed by atoms with E-state index in [1.54, 1.807) is 6.20 Å². The van der Waals surface area contributed by atoms with Gasteiger partial charge in [0, 0.05) is 164 Å². The minimum absolute atomic E-state index is 0. The molecule has 0 saturated heterocycles. The van der Waals surface area contributed by atoms with Crippen LogP contribution in [0, 0.1) is 50.9 Å². The smallest absolute Gasteiger partial charge is 0.153 e. The first-order valence-corrected chi connectivity index (χ1v) is 42.0. The van der Waals surface area contributed by atoms with Crippen molar-refractivity contribution in [3.05, 3.63) is 343 Å². The molecule has 0 N–H and O–H groups in total. The molecule has 21 heteroatoms. The van der Waals surface area contributed by atoms with Crippen molar-refractivity contribution < 1.29 is 85.2 Å². The minimum atomic E-state index is -1.34. The van der Waals surface area contributed by atoms with Crippen molar-refractivity contribution in [2.75, 3.05) is 77.2 Å². The summed E-state index contributed by atoms with van der Waals surface area (Å²) in [6.07, 6.45) is 5.48. The van der Waals surface area contributed by atoms with Crippen LogP contribution in [0.1, 0.15) is 0 Å². The summed E-state index contributed by atoms with van der Waals surface area (Å²) >= 11 is 0. The molecule has 4 aliphatic rings. The predicted molar refractivity (Wildman–Crippen MR) is 439 cm³/mol. The van der Waals surface area contributed by atoms with E-state index in [2.05, 4.69) is 243 Å². The summed E-state index contributed by atoms with van der Waals surface area (Å²) in [6.45, 7) is 22.5. The molecular formula is C88H82Ir4N14OSi2-8. The number of para-hydroxylation sites is 7. The summed E-state index contributed by atoms with van der Waals surface area (Å²) in [5, 5.41) is 2.89. The van der Waals surface area contributed by atoms with Crippen LogP contribution in [0.15, 0.2) is 292 Å². The van der Waals surface area contributed by atoms with E-state index in [4.69, 9.17) is 9.72 Å². The number of hydrogen-bond donors (Lipinski definition) is 0. The van der Waals surface area contributed by atoms with Crippen molar-refractivity contribution in [1.29, 1.82) is 0 Å². The molecule has 0 fully saturated rings. The van der Waals surface area contributed by atoms with Crippen molar-refractivity contribution in [3.63, 3.8) is 0 Å². The Morgan fingerprint density at radius 3 is 1.22 bits per heavy atom. The molecule has 8 heterocycles. The Morgan fingerprint density at radius 1 is 0.330 bits per heavy atom. The zero-order valence-electron chi connectivity index (χ0n) is 62.0. The molecule has 0 unspecified atom stereocenters. The summed E-state index contributed by atoms with van der Waals surface area (Å²) < 4.78 is 6.22. The SMILES string of the molecule is CN(C)c1ccc2c(n1)N(c1[c-]cccc1)[CH-]N2c1ccccc1.CN(C)c1ccnc2c1N(c1ccccc1)[CH-]N2c1[c-]cccc1.C[Si](C)(C)c1c[c-]c(N2[CH-]N(c3ccc([Si](C)(C)C)cc3)c3cccnc32)cc1.[Ir].[Ir].[Ir].[Ir].[c-]1ccccc1N1[CH-]N(c2ccccc2)c2c(Oc3ccccc3)ccnc21. The number of pyridine rings is 4. The molecule has 4 radical (unpaired) electrons. The molecule has 4 aliphatic heterocycles. The van der Waals surface area contributed by atoms with E-state index in [0.29, 0.717) is 0 Å². The monoisotopic (exact) mass is 2180 g/mol. The fraction of sp³-hybridized carbons (Fsp3) is 0.114. The topological polar surface area (TPSA) is 93.2 Å². The average molecular weight is 2180 g/mol. The third-order valence-corrected chi connectivity index (χ3v) is 22.1. The maximum atomic E-state index is 6.22. The van der Waals surface area contributed by atoms with Crippen LogP contribution in [-0.4, -0.2) is 64.3 Å². The maximum Gasteiger partial charge on any atom is 0.153 e. The van der Waals surface area contributed by atoms with E-state index in [0.717, 1.165) is 115 Å². The first-order chi connectivity index (χ1) is 51.0. The normalized spacial score (nSPS) is 12.8. The molecule has 0 aliphatic carbocycles. The number of nitrogens with zero attached hydrogens (tertiary/aromatic N) is 14. The van der Waals surface area contributed by atoms with Gasteiger partial charge in [-0.25, -0.2) is 19.9 Å².